The van der Waals surface area contributed by atoms with Crippen LogP contribution in [0.5, 0.6) is 0 Å². The van der Waals surface area contributed by atoms with Crippen molar-refractivity contribution in [2.75, 3.05) is 7.11 Å². The van der Waals surface area contributed by atoms with E-state index in [1.54, 1.807) is 6.20 Å². The number of aromatic nitrogens is 2. The molecule has 2 aromatic rings. The van der Waals surface area contributed by atoms with E-state index < -0.39 is 5.97 Å². The first kappa shape index (κ1) is 12.3. The summed E-state index contributed by atoms with van der Waals surface area (Å²) in [6.45, 7) is 3.67. The molecule has 0 saturated carbocycles. The predicted octanol–water partition coefficient (Wildman–Crippen LogP) is 1.26. The fourth-order valence-electron chi connectivity index (χ4n) is 1.92. The molecule has 0 bridgehead atoms. The number of pyridine rings is 2. The number of H-pyrrole nitrogens is 1. The highest BCUT2D eigenvalue weighted by molar-refractivity contribution is 5.84. The Labute approximate surface area is 104 Å². The summed E-state index contributed by atoms with van der Waals surface area (Å²) < 4.78 is 4.59. The van der Waals surface area contributed by atoms with Gasteiger partial charge in [0.1, 0.15) is 0 Å². The van der Waals surface area contributed by atoms with Gasteiger partial charge in [-0.2, -0.15) is 0 Å². The normalized spacial score (nSPS) is 10.6. The summed E-state index contributed by atoms with van der Waals surface area (Å²) in [6.07, 6.45) is 1.68. The van der Waals surface area contributed by atoms with Crippen LogP contribution in [0.15, 0.2) is 17.1 Å². The van der Waals surface area contributed by atoms with Crippen LogP contribution in [0.1, 0.15) is 16.8 Å². The minimum Gasteiger partial charge on any atom is -0.469 e. The molecule has 18 heavy (non-hydrogen) atoms. The molecule has 2 rings (SSSR count). The Balaban J connectivity index is 2.65. The lowest BCUT2D eigenvalue weighted by atomic mass is 10.0. The highest BCUT2D eigenvalue weighted by Crippen LogP contribution is 2.17. The van der Waals surface area contributed by atoms with Crippen molar-refractivity contribution in [1.29, 1.82) is 0 Å². The number of aryl methyl sites for hydroxylation is 2. The second-order valence-electron chi connectivity index (χ2n) is 4.18. The van der Waals surface area contributed by atoms with Crippen LogP contribution in [0.2, 0.25) is 0 Å². The molecule has 5 nitrogen and oxygen atoms in total. The molecule has 0 spiro atoms. The lowest BCUT2D eigenvalue weighted by Crippen LogP contribution is -2.19. The number of nitrogens with zero attached hydrogens (tertiary/aromatic N) is 1. The largest absolute Gasteiger partial charge is 0.469 e. The molecule has 0 aliphatic carbocycles. The van der Waals surface area contributed by atoms with Gasteiger partial charge in [0.25, 0.3) is 5.56 Å². The third-order valence-corrected chi connectivity index (χ3v) is 2.97. The van der Waals surface area contributed by atoms with Crippen LogP contribution >= 0.6 is 0 Å². The molecule has 0 aliphatic heterocycles. The van der Waals surface area contributed by atoms with Gasteiger partial charge in [-0.3, -0.25) is 14.6 Å². The van der Waals surface area contributed by atoms with Gasteiger partial charge in [0.05, 0.1) is 19.0 Å². The molecule has 0 amide bonds. The number of aromatic amines is 1. The van der Waals surface area contributed by atoms with Crippen molar-refractivity contribution in [3.8, 4) is 0 Å². The minimum atomic E-state index is -0.428. The molecule has 0 radical (unpaired) electrons. The van der Waals surface area contributed by atoms with Crippen LogP contribution in [0, 0.1) is 13.8 Å². The van der Waals surface area contributed by atoms with Crippen molar-refractivity contribution in [2.24, 2.45) is 0 Å². The summed E-state index contributed by atoms with van der Waals surface area (Å²) in [4.78, 5) is 30.2. The summed E-state index contributed by atoms with van der Waals surface area (Å²) in [6, 6.07) is 1.81. The van der Waals surface area contributed by atoms with Gasteiger partial charge in [-0.15, -0.1) is 0 Å². The zero-order chi connectivity index (χ0) is 13.3. The van der Waals surface area contributed by atoms with Crippen LogP contribution in [0.25, 0.3) is 10.9 Å². The first-order valence-corrected chi connectivity index (χ1v) is 5.58. The molecule has 0 aromatic carbocycles. The van der Waals surface area contributed by atoms with Gasteiger partial charge in [0, 0.05) is 22.8 Å². The summed E-state index contributed by atoms with van der Waals surface area (Å²) in [5.41, 5.74) is 2.51. The van der Waals surface area contributed by atoms with Gasteiger partial charge >= 0.3 is 5.97 Å². The number of hydrogen-bond donors (Lipinski definition) is 1. The van der Waals surface area contributed by atoms with E-state index >= 15 is 0 Å². The predicted molar refractivity (Wildman–Crippen MR) is 67.6 cm³/mol. The Morgan fingerprint density at radius 3 is 2.83 bits per heavy atom. The van der Waals surface area contributed by atoms with E-state index in [0.717, 1.165) is 22.2 Å². The van der Waals surface area contributed by atoms with E-state index in [0.29, 0.717) is 5.56 Å². The zero-order valence-corrected chi connectivity index (χ0v) is 10.5. The standard InChI is InChI=1S/C13H14N2O3/c1-7-4-11-10(6-14-7)8(2)9(13(17)15-11)5-12(16)18-3/h4,6H,5H2,1-3H3,(H,15,17). The van der Waals surface area contributed by atoms with E-state index in [1.807, 2.05) is 19.9 Å². The fraction of sp³-hybridized carbons (Fsp3) is 0.308. The Kier molecular flexibility index (Phi) is 3.14. The maximum atomic E-state index is 11.9. The highest BCUT2D eigenvalue weighted by atomic mass is 16.5. The number of methoxy groups -OCH3 is 1. The van der Waals surface area contributed by atoms with Crippen molar-refractivity contribution < 1.29 is 9.53 Å². The Hall–Kier alpha value is -2.17. The van der Waals surface area contributed by atoms with Crippen molar-refractivity contribution in [1.82, 2.24) is 9.97 Å². The number of fused-ring (bicyclic) bond motifs is 1. The molecular weight excluding hydrogens is 232 g/mol. The van der Waals surface area contributed by atoms with E-state index in [-0.39, 0.29) is 12.0 Å². The monoisotopic (exact) mass is 246 g/mol. The summed E-state index contributed by atoms with van der Waals surface area (Å²) >= 11 is 0. The zero-order valence-electron chi connectivity index (χ0n) is 10.5. The van der Waals surface area contributed by atoms with Crippen LogP contribution in [-0.4, -0.2) is 23.0 Å². The van der Waals surface area contributed by atoms with E-state index in [1.165, 1.54) is 7.11 Å². The molecular formula is C13H14N2O3. The van der Waals surface area contributed by atoms with Crippen molar-refractivity contribution >= 4 is 16.9 Å². The van der Waals surface area contributed by atoms with Gasteiger partial charge in [-0.1, -0.05) is 0 Å². The van der Waals surface area contributed by atoms with Crippen molar-refractivity contribution in [3.63, 3.8) is 0 Å². The first-order valence-electron chi connectivity index (χ1n) is 5.58. The number of hydrogen-bond acceptors (Lipinski definition) is 4. The first-order chi connectivity index (χ1) is 8.52. The lowest BCUT2D eigenvalue weighted by molar-refractivity contribution is -0.139. The number of rotatable bonds is 2. The molecule has 1 N–H and O–H groups in total. The minimum absolute atomic E-state index is 0.0263. The number of esters is 1. The molecule has 2 heterocycles. The van der Waals surface area contributed by atoms with Crippen LogP contribution < -0.4 is 5.56 Å². The average Bonchev–Trinajstić information content (AvgIpc) is 2.33. The van der Waals surface area contributed by atoms with E-state index in [9.17, 15) is 9.59 Å². The van der Waals surface area contributed by atoms with Crippen molar-refractivity contribution in [2.45, 2.75) is 20.3 Å². The third kappa shape index (κ3) is 2.11. The maximum Gasteiger partial charge on any atom is 0.310 e. The van der Waals surface area contributed by atoms with Gasteiger partial charge in [-0.05, 0) is 25.5 Å². The average molecular weight is 246 g/mol. The Morgan fingerprint density at radius 1 is 1.44 bits per heavy atom. The number of carbonyl (C=O) groups is 1. The second-order valence-corrected chi connectivity index (χ2v) is 4.18. The Morgan fingerprint density at radius 2 is 2.17 bits per heavy atom. The maximum absolute atomic E-state index is 11.9. The lowest BCUT2D eigenvalue weighted by Gasteiger charge is -2.08. The highest BCUT2D eigenvalue weighted by Gasteiger charge is 2.13. The van der Waals surface area contributed by atoms with Crippen molar-refractivity contribution in [3.05, 3.63) is 39.4 Å². The molecule has 0 aliphatic rings. The number of carbonyl (C=O) groups excluding carboxylic acids is 1. The summed E-state index contributed by atoms with van der Waals surface area (Å²) in [5, 5.41) is 0.846. The van der Waals surface area contributed by atoms with Gasteiger partial charge in [-0.25, -0.2) is 0 Å². The quantitative estimate of drug-likeness (QED) is 0.809. The fourth-order valence-corrected chi connectivity index (χ4v) is 1.92. The smallest absolute Gasteiger partial charge is 0.310 e. The summed E-state index contributed by atoms with van der Waals surface area (Å²) in [5.74, 6) is -0.428. The molecule has 94 valence electrons. The molecule has 2 aromatic heterocycles. The van der Waals surface area contributed by atoms with Gasteiger partial charge in [0.15, 0.2) is 0 Å². The number of ether oxygens (including phenoxy) is 1. The van der Waals surface area contributed by atoms with Crippen LogP contribution in [0.4, 0.5) is 0 Å². The topological polar surface area (TPSA) is 72.0 Å². The third-order valence-electron chi connectivity index (χ3n) is 2.97. The van der Waals surface area contributed by atoms with Gasteiger partial charge in [0.2, 0.25) is 0 Å². The van der Waals surface area contributed by atoms with E-state index in [4.69, 9.17) is 0 Å². The van der Waals surface area contributed by atoms with Crippen LogP contribution in [-0.2, 0) is 16.0 Å². The molecule has 5 heteroatoms. The van der Waals surface area contributed by atoms with Crippen LogP contribution in [0.3, 0.4) is 0 Å². The summed E-state index contributed by atoms with van der Waals surface area (Å²) in [7, 11) is 1.30. The Bertz CT molecular complexity index is 674. The molecule has 0 unspecified atom stereocenters. The molecule has 0 atom stereocenters. The van der Waals surface area contributed by atoms with E-state index in [2.05, 4.69) is 14.7 Å². The SMILES string of the molecule is COC(=O)Cc1c(C)c2cnc(C)cc2[nH]c1=O. The van der Waals surface area contributed by atoms with Gasteiger partial charge < -0.3 is 9.72 Å². The second kappa shape index (κ2) is 4.60. The number of nitrogens with one attached hydrogen (secondary N) is 1. The molecule has 0 fully saturated rings. The molecule has 0 saturated heterocycles.